The molecule has 0 aliphatic rings. The highest BCUT2D eigenvalue weighted by Gasteiger charge is 2.14. The average molecular weight is 464 g/mol. The Morgan fingerprint density at radius 3 is 1.45 bits per heavy atom. The molecule has 0 amide bonds. The standard InChI is InChI=1S/C21H37NO8S/c1-20-4-6-21(7-5-20)31(23,24)30-19-18-29-17-16-28-15-14-27-13-12-26-11-10-25-9-8-22(2)3/h4-7H,8-19H2,1-3H3. The van der Waals surface area contributed by atoms with E-state index in [4.69, 9.17) is 27.9 Å². The molecule has 0 aliphatic carbocycles. The van der Waals surface area contributed by atoms with Gasteiger partial charge in [-0.05, 0) is 33.2 Å². The summed E-state index contributed by atoms with van der Waals surface area (Å²) < 4.78 is 55.8. The Kier molecular flexibility index (Phi) is 15.7. The zero-order valence-corrected chi connectivity index (χ0v) is 19.7. The lowest BCUT2D eigenvalue weighted by Crippen LogP contribution is -2.19. The molecule has 1 aromatic carbocycles. The largest absolute Gasteiger partial charge is 0.378 e. The highest BCUT2D eigenvalue weighted by molar-refractivity contribution is 7.86. The van der Waals surface area contributed by atoms with E-state index in [1.165, 1.54) is 12.1 Å². The van der Waals surface area contributed by atoms with Gasteiger partial charge in [0.15, 0.2) is 0 Å². The first-order valence-electron chi connectivity index (χ1n) is 10.4. The van der Waals surface area contributed by atoms with Crippen LogP contribution in [0.15, 0.2) is 29.2 Å². The number of hydrogen-bond acceptors (Lipinski definition) is 9. The Labute approximate surface area is 186 Å². The molecule has 0 aromatic heterocycles. The molecule has 0 fully saturated rings. The van der Waals surface area contributed by atoms with E-state index in [2.05, 4.69) is 4.90 Å². The van der Waals surface area contributed by atoms with Crippen LogP contribution in [0.5, 0.6) is 0 Å². The molecule has 0 N–H and O–H groups in total. The van der Waals surface area contributed by atoms with Crippen molar-refractivity contribution in [2.24, 2.45) is 0 Å². The monoisotopic (exact) mass is 463 g/mol. The fraction of sp³-hybridized carbons (Fsp3) is 0.714. The van der Waals surface area contributed by atoms with Gasteiger partial charge in [-0.3, -0.25) is 4.18 Å². The van der Waals surface area contributed by atoms with Gasteiger partial charge in [-0.25, -0.2) is 0 Å². The van der Waals surface area contributed by atoms with Gasteiger partial charge >= 0.3 is 0 Å². The van der Waals surface area contributed by atoms with Crippen LogP contribution in [0.3, 0.4) is 0 Å². The normalized spacial score (nSPS) is 12.0. The third-order valence-corrected chi connectivity index (χ3v) is 5.27. The second-order valence-electron chi connectivity index (χ2n) is 6.95. The van der Waals surface area contributed by atoms with Gasteiger partial charge in [0.2, 0.25) is 0 Å². The van der Waals surface area contributed by atoms with Gasteiger partial charge in [-0.1, -0.05) is 17.7 Å². The van der Waals surface area contributed by atoms with E-state index in [-0.39, 0.29) is 18.1 Å². The summed E-state index contributed by atoms with van der Waals surface area (Å²) in [4.78, 5) is 2.21. The second kappa shape index (κ2) is 17.4. The zero-order valence-electron chi connectivity index (χ0n) is 18.9. The Balaban J connectivity index is 1.83. The number of nitrogens with zero attached hydrogens (tertiary/aromatic N) is 1. The van der Waals surface area contributed by atoms with Crippen LogP contribution in [0.25, 0.3) is 0 Å². The van der Waals surface area contributed by atoms with Crippen molar-refractivity contribution in [1.82, 2.24) is 4.90 Å². The molecule has 0 atom stereocenters. The molecule has 180 valence electrons. The van der Waals surface area contributed by atoms with Gasteiger partial charge in [0.1, 0.15) is 0 Å². The molecule has 0 heterocycles. The third kappa shape index (κ3) is 15.4. The molecule has 1 rings (SSSR count). The number of hydrogen-bond donors (Lipinski definition) is 0. The van der Waals surface area contributed by atoms with E-state index in [9.17, 15) is 8.42 Å². The lowest BCUT2D eigenvalue weighted by molar-refractivity contribution is -0.0131. The summed E-state index contributed by atoms with van der Waals surface area (Å²) in [5, 5.41) is 0. The van der Waals surface area contributed by atoms with Crippen LogP contribution in [-0.2, 0) is 38.0 Å². The molecule has 0 spiro atoms. The Hall–Kier alpha value is -1.11. The third-order valence-electron chi connectivity index (χ3n) is 3.95. The minimum atomic E-state index is -3.75. The summed E-state index contributed by atoms with van der Waals surface area (Å²) in [5.74, 6) is 0. The number of aryl methyl sites for hydroxylation is 1. The Morgan fingerprint density at radius 2 is 1.03 bits per heavy atom. The van der Waals surface area contributed by atoms with Gasteiger partial charge < -0.3 is 28.6 Å². The van der Waals surface area contributed by atoms with E-state index in [1.54, 1.807) is 12.1 Å². The summed E-state index contributed by atoms with van der Waals surface area (Å²) in [6.07, 6.45) is 0. The van der Waals surface area contributed by atoms with Gasteiger partial charge in [-0.15, -0.1) is 0 Å². The lowest BCUT2D eigenvalue weighted by Gasteiger charge is -2.10. The fourth-order valence-electron chi connectivity index (χ4n) is 2.20. The van der Waals surface area contributed by atoms with Crippen molar-refractivity contribution in [3.8, 4) is 0 Å². The molecule has 0 unspecified atom stereocenters. The van der Waals surface area contributed by atoms with E-state index >= 15 is 0 Å². The minimum Gasteiger partial charge on any atom is -0.378 e. The molecule has 0 saturated heterocycles. The molecule has 0 saturated carbocycles. The lowest BCUT2D eigenvalue weighted by atomic mass is 10.2. The summed E-state index contributed by atoms with van der Waals surface area (Å²) in [7, 11) is 0.265. The molecule has 10 heteroatoms. The van der Waals surface area contributed by atoms with Crippen molar-refractivity contribution in [2.75, 3.05) is 93.3 Å². The summed E-state index contributed by atoms with van der Waals surface area (Å²) in [5.41, 5.74) is 0.984. The molecule has 31 heavy (non-hydrogen) atoms. The highest BCUT2D eigenvalue weighted by Crippen LogP contribution is 2.12. The van der Waals surface area contributed by atoms with Crippen LogP contribution < -0.4 is 0 Å². The second-order valence-corrected chi connectivity index (χ2v) is 8.57. The first-order valence-corrected chi connectivity index (χ1v) is 11.8. The van der Waals surface area contributed by atoms with E-state index in [0.717, 1.165) is 12.1 Å². The van der Waals surface area contributed by atoms with Gasteiger partial charge in [0.05, 0.1) is 77.6 Å². The van der Waals surface area contributed by atoms with E-state index in [0.29, 0.717) is 59.5 Å². The van der Waals surface area contributed by atoms with Crippen LogP contribution in [0.4, 0.5) is 0 Å². The van der Waals surface area contributed by atoms with Gasteiger partial charge in [-0.2, -0.15) is 8.42 Å². The van der Waals surface area contributed by atoms with Crippen molar-refractivity contribution in [2.45, 2.75) is 11.8 Å². The summed E-state index contributed by atoms with van der Waals surface area (Å²) in [6, 6.07) is 6.50. The predicted octanol–water partition coefficient (Wildman–Crippen LogP) is 1.34. The van der Waals surface area contributed by atoms with E-state index < -0.39 is 10.1 Å². The van der Waals surface area contributed by atoms with Crippen LogP contribution in [0, 0.1) is 6.92 Å². The SMILES string of the molecule is Cc1ccc(S(=O)(=O)OCCOCCOCCOCCOCCOCCN(C)C)cc1. The van der Waals surface area contributed by atoms with E-state index in [1.807, 2.05) is 21.0 Å². The summed E-state index contributed by atoms with van der Waals surface area (Å²) in [6.45, 7) is 7.46. The Morgan fingerprint density at radius 1 is 0.645 bits per heavy atom. The number of benzene rings is 1. The topological polar surface area (TPSA) is 92.8 Å². The number of ether oxygens (including phenoxy) is 5. The maximum absolute atomic E-state index is 12.0. The Bertz CT molecular complexity index is 652. The van der Waals surface area contributed by atoms with Crippen molar-refractivity contribution >= 4 is 10.1 Å². The molecule has 9 nitrogen and oxygen atoms in total. The zero-order chi connectivity index (χ0) is 22.8. The van der Waals surface area contributed by atoms with Gasteiger partial charge in [0, 0.05) is 6.54 Å². The molecule has 0 bridgehead atoms. The number of rotatable bonds is 20. The van der Waals surface area contributed by atoms with Gasteiger partial charge in [0.25, 0.3) is 10.1 Å². The van der Waals surface area contributed by atoms with Crippen molar-refractivity contribution < 1.29 is 36.3 Å². The van der Waals surface area contributed by atoms with Crippen molar-refractivity contribution in [1.29, 1.82) is 0 Å². The van der Waals surface area contributed by atoms with Crippen LogP contribution in [0.2, 0.25) is 0 Å². The number of likely N-dealkylation sites (N-methyl/N-ethyl adjacent to an activating group) is 1. The van der Waals surface area contributed by atoms with Crippen LogP contribution >= 0.6 is 0 Å². The predicted molar refractivity (Wildman–Crippen MR) is 117 cm³/mol. The summed E-state index contributed by atoms with van der Waals surface area (Å²) >= 11 is 0. The smallest absolute Gasteiger partial charge is 0.297 e. The molecule has 1 aromatic rings. The minimum absolute atomic E-state index is 0.0417. The molecule has 0 radical (unpaired) electrons. The maximum Gasteiger partial charge on any atom is 0.297 e. The molecule has 0 aliphatic heterocycles. The van der Waals surface area contributed by atoms with Crippen LogP contribution in [0.1, 0.15) is 5.56 Å². The molecular weight excluding hydrogens is 426 g/mol. The molecular formula is C21H37NO8S. The highest BCUT2D eigenvalue weighted by atomic mass is 32.2. The van der Waals surface area contributed by atoms with Crippen molar-refractivity contribution in [3.05, 3.63) is 29.8 Å². The van der Waals surface area contributed by atoms with Crippen LogP contribution in [-0.4, -0.2) is 107 Å². The average Bonchev–Trinajstić information content (AvgIpc) is 2.73. The van der Waals surface area contributed by atoms with Crippen molar-refractivity contribution in [3.63, 3.8) is 0 Å². The maximum atomic E-state index is 12.0. The first-order chi connectivity index (χ1) is 14.9. The first kappa shape index (κ1) is 27.9. The fourth-order valence-corrected chi connectivity index (χ4v) is 3.10. The quantitative estimate of drug-likeness (QED) is 0.210.